The summed E-state index contributed by atoms with van der Waals surface area (Å²) < 4.78 is 32.1. The normalized spacial score (nSPS) is 10.9. The predicted octanol–water partition coefficient (Wildman–Crippen LogP) is 4.06. The molecule has 2 aromatic carbocycles. The number of aryl methyl sites for hydroxylation is 1. The van der Waals surface area contributed by atoms with Crippen LogP contribution in [0.1, 0.15) is 15.9 Å². The van der Waals surface area contributed by atoms with Crippen molar-refractivity contribution in [2.75, 3.05) is 39.7 Å². The van der Waals surface area contributed by atoms with Crippen molar-refractivity contribution in [2.24, 2.45) is 0 Å². The lowest BCUT2D eigenvalue weighted by Crippen LogP contribution is -2.18. The van der Waals surface area contributed by atoms with Gasteiger partial charge in [-0.25, -0.2) is 13.9 Å². The van der Waals surface area contributed by atoms with Gasteiger partial charge < -0.3 is 24.8 Å². The van der Waals surface area contributed by atoms with Crippen LogP contribution in [0.3, 0.4) is 0 Å². The van der Waals surface area contributed by atoms with Gasteiger partial charge >= 0.3 is 0 Å². The van der Waals surface area contributed by atoms with Crippen LogP contribution in [-0.4, -0.2) is 54.9 Å². The molecule has 0 aliphatic heterocycles. The summed E-state index contributed by atoms with van der Waals surface area (Å²) in [6, 6.07) is 11.5. The molecule has 35 heavy (non-hydrogen) atoms. The predicted molar refractivity (Wildman–Crippen MR) is 130 cm³/mol. The van der Waals surface area contributed by atoms with E-state index in [0.29, 0.717) is 41.5 Å². The van der Waals surface area contributed by atoms with Crippen molar-refractivity contribution in [3.8, 4) is 28.6 Å². The number of aromatic nitrogens is 3. The van der Waals surface area contributed by atoms with Gasteiger partial charge in [-0.2, -0.15) is 0 Å². The van der Waals surface area contributed by atoms with Crippen molar-refractivity contribution in [1.82, 2.24) is 19.9 Å². The second-order valence-corrected chi connectivity index (χ2v) is 7.70. The van der Waals surface area contributed by atoms with Gasteiger partial charge in [0, 0.05) is 44.0 Å². The molecule has 0 atom stereocenters. The molecule has 0 aliphatic rings. The van der Waals surface area contributed by atoms with Crippen molar-refractivity contribution in [2.45, 2.75) is 6.92 Å². The smallest absolute Gasteiger partial charge is 0.251 e. The van der Waals surface area contributed by atoms with Gasteiger partial charge in [-0.3, -0.25) is 4.79 Å². The Balaban J connectivity index is 1.78. The van der Waals surface area contributed by atoms with E-state index in [1.165, 1.54) is 19.2 Å². The summed E-state index contributed by atoms with van der Waals surface area (Å²) in [5, 5.41) is 10.5. The zero-order valence-electron chi connectivity index (χ0n) is 19.9. The first-order valence-electron chi connectivity index (χ1n) is 10.9. The third-order valence-electron chi connectivity index (χ3n) is 5.41. The molecule has 0 spiro atoms. The Morgan fingerprint density at radius 2 is 1.97 bits per heavy atom. The summed E-state index contributed by atoms with van der Waals surface area (Å²) in [4.78, 5) is 16.6. The molecule has 0 radical (unpaired) electrons. The van der Waals surface area contributed by atoms with E-state index in [2.05, 4.69) is 20.7 Å². The van der Waals surface area contributed by atoms with Gasteiger partial charge in [0.2, 0.25) is 5.88 Å². The molecule has 1 amide bonds. The van der Waals surface area contributed by atoms with Gasteiger partial charge in [0.1, 0.15) is 5.75 Å². The molecule has 2 aromatic heterocycles. The minimum absolute atomic E-state index is 0.00734. The number of carbonyl (C=O) groups excluding carboxylic acids is 1. The molecule has 0 saturated heterocycles. The summed E-state index contributed by atoms with van der Waals surface area (Å²) in [6.45, 7) is 2.86. The van der Waals surface area contributed by atoms with Gasteiger partial charge in [0.15, 0.2) is 17.2 Å². The van der Waals surface area contributed by atoms with Crippen molar-refractivity contribution in [1.29, 1.82) is 0 Å². The molecule has 0 unspecified atom stereocenters. The number of nitrogens with one attached hydrogen (secondary N) is 2. The Bertz CT molecular complexity index is 1370. The fourth-order valence-corrected chi connectivity index (χ4v) is 3.63. The molecule has 9 nitrogen and oxygen atoms in total. The fourth-order valence-electron chi connectivity index (χ4n) is 3.63. The number of imidazole rings is 1. The molecule has 0 aliphatic carbocycles. The number of hydrogen-bond acceptors (Lipinski definition) is 7. The highest BCUT2D eigenvalue weighted by atomic mass is 19.1. The van der Waals surface area contributed by atoms with E-state index >= 15 is 0 Å². The summed E-state index contributed by atoms with van der Waals surface area (Å²) >= 11 is 0. The Labute approximate surface area is 201 Å². The van der Waals surface area contributed by atoms with Gasteiger partial charge in [-0.15, -0.1) is 5.10 Å². The van der Waals surface area contributed by atoms with E-state index in [9.17, 15) is 9.18 Å². The van der Waals surface area contributed by atoms with Crippen LogP contribution >= 0.6 is 0 Å². The minimum atomic E-state index is -0.577. The number of carbonyl (C=O) groups is 1. The SMILES string of the molecule is CNC(=O)c1ccc(-c2cnc3c(NCCOC)cc(Oc4ccc(OC)cc4F)nn23)cc1C. The lowest BCUT2D eigenvalue weighted by Gasteiger charge is -2.13. The van der Waals surface area contributed by atoms with Crippen LogP contribution in [-0.2, 0) is 4.74 Å². The summed E-state index contributed by atoms with van der Waals surface area (Å²) in [5.41, 5.74) is 4.09. The van der Waals surface area contributed by atoms with Crippen LogP contribution < -0.4 is 20.1 Å². The molecule has 0 fully saturated rings. The van der Waals surface area contributed by atoms with E-state index in [4.69, 9.17) is 14.2 Å². The number of amides is 1. The lowest BCUT2D eigenvalue weighted by atomic mass is 10.0. The van der Waals surface area contributed by atoms with Crippen molar-refractivity contribution >= 4 is 17.2 Å². The number of hydrogen-bond donors (Lipinski definition) is 2. The standard InChI is InChI=1S/C25H26FN5O4/c1-15-11-16(5-7-18(15)25(32)27-2)21-14-29-24-20(28-9-10-33-3)13-23(30-31(21)24)35-22-8-6-17(34-4)12-19(22)26/h5-8,11-14,28H,9-10H2,1-4H3,(H,27,32). The fraction of sp³-hybridized carbons (Fsp3) is 0.240. The number of methoxy groups -OCH3 is 2. The molecule has 4 aromatic rings. The molecule has 2 heterocycles. The summed E-state index contributed by atoms with van der Waals surface area (Å²) in [7, 11) is 4.67. The van der Waals surface area contributed by atoms with E-state index < -0.39 is 5.82 Å². The zero-order valence-corrected chi connectivity index (χ0v) is 19.9. The zero-order chi connectivity index (χ0) is 24.9. The molecule has 0 saturated carbocycles. The van der Waals surface area contributed by atoms with Crippen molar-refractivity contribution in [3.63, 3.8) is 0 Å². The topological polar surface area (TPSA) is 99.0 Å². The van der Waals surface area contributed by atoms with Crippen LogP contribution in [0.15, 0.2) is 48.7 Å². The van der Waals surface area contributed by atoms with Gasteiger partial charge in [0.05, 0.1) is 31.3 Å². The van der Waals surface area contributed by atoms with E-state index in [1.807, 2.05) is 19.1 Å². The first-order chi connectivity index (χ1) is 16.9. The van der Waals surface area contributed by atoms with Gasteiger partial charge in [-0.1, -0.05) is 6.07 Å². The Hall–Kier alpha value is -4.18. The number of rotatable bonds is 9. The van der Waals surface area contributed by atoms with Gasteiger partial charge in [-0.05, 0) is 36.8 Å². The van der Waals surface area contributed by atoms with Crippen molar-refractivity contribution < 1.29 is 23.4 Å². The highest BCUT2D eigenvalue weighted by molar-refractivity contribution is 5.96. The Morgan fingerprint density at radius 3 is 2.66 bits per heavy atom. The quantitative estimate of drug-likeness (QED) is 0.349. The third-order valence-corrected chi connectivity index (χ3v) is 5.41. The average molecular weight is 480 g/mol. The maximum Gasteiger partial charge on any atom is 0.251 e. The number of benzene rings is 2. The Kier molecular flexibility index (Phi) is 7.11. The second-order valence-electron chi connectivity index (χ2n) is 7.70. The minimum Gasteiger partial charge on any atom is -0.497 e. The largest absolute Gasteiger partial charge is 0.497 e. The van der Waals surface area contributed by atoms with E-state index in [1.54, 1.807) is 43.1 Å². The summed E-state index contributed by atoms with van der Waals surface area (Å²) in [5.74, 6) is -0.182. The number of ether oxygens (including phenoxy) is 3. The number of nitrogens with zero attached hydrogens (tertiary/aromatic N) is 3. The first kappa shape index (κ1) is 24.0. The van der Waals surface area contributed by atoms with Crippen molar-refractivity contribution in [3.05, 3.63) is 65.6 Å². The first-order valence-corrected chi connectivity index (χ1v) is 10.9. The molecule has 10 heteroatoms. The maximum absolute atomic E-state index is 14.5. The molecular weight excluding hydrogens is 453 g/mol. The number of fused-ring (bicyclic) bond motifs is 1. The van der Waals surface area contributed by atoms with Crippen LogP contribution in [0.4, 0.5) is 10.1 Å². The summed E-state index contributed by atoms with van der Waals surface area (Å²) in [6.07, 6.45) is 1.69. The maximum atomic E-state index is 14.5. The number of anilines is 1. The molecule has 4 rings (SSSR count). The molecule has 0 bridgehead atoms. The lowest BCUT2D eigenvalue weighted by molar-refractivity contribution is 0.0962. The van der Waals surface area contributed by atoms with E-state index in [0.717, 1.165) is 11.1 Å². The van der Waals surface area contributed by atoms with Crippen LogP contribution in [0.5, 0.6) is 17.4 Å². The van der Waals surface area contributed by atoms with Crippen LogP contribution in [0.25, 0.3) is 16.9 Å². The second kappa shape index (κ2) is 10.4. The average Bonchev–Trinajstić information content (AvgIpc) is 3.29. The van der Waals surface area contributed by atoms with Crippen LogP contribution in [0, 0.1) is 12.7 Å². The van der Waals surface area contributed by atoms with E-state index in [-0.39, 0.29) is 17.5 Å². The molecular formula is C25H26FN5O4. The highest BCUT2D eigenvalue weighted by Crippen LogP contribution is 2.31. The van der Waals surface area contributed by atoms with Gasteiger partial charge in [0.25, 0.3) is 5.91 Å². The third kappa shape index (κ3) is 5.02. The molecule has 182 valence electrons. The van der Waals surface area contributed by atoms with Crippen LogP contribution in [0.2, 0.25) is 0 Å². The Morgan fingerprint density at radius 1 is 1.14 bits per heavy atom. The highest BCUT2D eigenvalue weighted by Gasteiger charge is 2.17. The molecule has 2 N–H and O–H groups in total. The number of halogens is 1. The monoisotopic (exact) mass is 479 g/mol.